The van der Waals surface area contributed by atoms with Gasteiger partial charge in [-0.25, -0.2) is 4.98 Å². The molecule has 2 aromatic rings. The molecule has 2 aliphatic heterocycles. The van der Waals surface area contributed by atoms with Crippen molar-refractivity contribution in [1.29, 1.82) is 0 Å². The molecule has 3 heterocycles. The van der Waals surface area contributed by atoms with Crippen LogP contribution in [0.3, 0.4) is 0 Å². The highest BCUT2D eigenvalue weighted by molar-refractivity contribution is 7.11. The monoisotopic (exact) mass is 385 g/mol. The third-order valence-corrected chi connectivity index (χ3v) is 6.69. The molecule has 2 fully saturated rings. The number of carbonyl (C=O) groups is 1. The fourth-order valence-corrected chi connectivity index (χ4v) is 5.15. The van der Waals surface area contributed by atoms with Crippen LogP contribution in [0.2, 0.25) is 0 Å². The van der Waals surface area contributed by atoms with Crippen molar-refractivity contribution in [3.05, 3.63) is 45.9 Å². The number of para-hydroxylation sites is 1. The Balaban J connectivity index is 1.49. The van der Waals surface area contributed by atoms with Crippen LogP contribution in [-0.2, 0) is 6.54 Å². The zero-order valence-corrected chi connectivity index (χ0v) is 16.9. The van der Waals surface area contributed by atoms with Crippen molar-refractivity contribution in [1.82, 2.24) is 14.8 Å². The number of likely N-dealkylation sites (tertiary alicyclic amines) is 2. The molecule has 0 saturated carbocycles. The van der Waals surface area contributed by atoms with Gasteiger partial charge in [-0.15, -0.1) is 11.3 Å². The Bertz CT molecular complexity index is 821. The molecule has 1 unspecified atom stereocenters. The third-order valence-electron chi connectivity index (χ3n) is 5.79. The van der Waals surface area contributed by atoms with E-state index < -0.39 is 0 Å². The minimum atomic E-state index is 0.0959. The van der Waals surface area contributed by atoms with E-state index in [0.29, 0.717) is 17.9 Å². The second-order valence-corrected chi connectivity index (χ2v) is 8.82. The summed E-state index contributed by atoms with van der Waals surface area (Å²) in [6.07, 6.45) is 5.39. The number of thiazole rings is 1. The number of hydrogen-bond acceptors (Lipinski definition) is 5. The lowest BCUT2D eigenvalue weighted by molar-refractivity contribution is -0.0643. The van der Waals surface area contributed by atoms with Crippen molar-refractivity contribution in [3.8, 4) is 5.75 Å². The van der Waals surface area contributed by atoms with Gasteiger partial charge in [0.2, 0.25) is 0 Å². The van der Waals surface area contributed by atoms with Gasteiger partial charge < -0.3 is 9.64 Å². The first-order valence-corrected chi connectivity index (χ1v) is 10.6. The van der Waals surface area contributed by atoms with E-state index in [1.807, 2.05) is 42.3 Å². The average Bonchev–Trinajstić information content (AvgIpc) is 3.11. The Kier molecular flexibility index (Phi) is 5.19. The lowest BCUT2D eigenvalue weighted by atomic mass is 9.77. The van der Waals surface area contributed by atoms with Gasteiger partial charge in [-0.05, 0) is 45.2 Å². The van der Waals surface area contributed by atoms with Gasteiger partial charge in [0.15, 0.2) is 0 Å². The smallest absolute Gasteiger partial charge is 0.257 e. The molecule has 27 heavy (non-hydrogen) atoms. The van der Waals surface area contributed by atoms with Gasteiger partial charge in [-0.3, -0.25) is 9.69 Å². The summed E-state index contributed by atoms with van der Waals surface area (Å²) in [4.78, 5) is 23.5. The van der Waals surface area contributed by atoms with E-state index in [1.54, 1.807) is 11.3 Å². The minimum absolute atomic E-state index is 0.0959. The van der Waals surface area contributed by atoms with E-state index >= 15 is 0 Å². The third kappa shape index (κ3) is 3.60. The summed E-state index contributed by atoms with van der Waals surface area (Å²) in [6.45, 7) is 8.26. The number of ether oxygens (including phenoxy) is 1. The fourth-order valence-electron chi connectivity index (χ4n) is 4.34. The summed E-state index contributed by atoms with van der Waals surface area (Å²) in [7, 11) is 0. The highest BCUT2D eigenvalue weighted by Gasteiger charge is 2.48. The molecule has 1 amide bonds. The molecule has 4 rings (SSSR count). The summed E-state index contributed by atoms with van der Waals surface area (Å²) in [5.41, 5.74) is 0.812. The lowest BCUT2D eigenvalue weighted by Crippen LogP contribution is -2.66. The minimum Gasteiger partial charge on any atom is -0.493 e. The molecule has 1 spiro atoms. The van der Waals surface area contributed by atoms with E-state index in [2.05, 4.69) is 16.8 Å². The van der Waals surface area contributed by atoms with E-state index in [0.717, 1.165) is 37.6 Å². The summed E-state index contributed by atoms with van der Waals surface area (Å²) in [6, 6.07) is 7.60. The molecular weight excluding hydrogens is 358 g/mol. The Labute approximate surface area is 165 Å². The Morgan fingerprint density at radius 3 is 2.85 bits per heavy atom. The van der Waals surface area contributed by atoms with E-state index in [9.17, 15) is 4.79 Å². The zero-order chi connectivity index (χ0) is 18.9. The van der Waals surface area contributed by atoms with Gasteiger partial charge in [0.05, 0.1) is 17.2 Å². The largest absolute Gasteiger partial charge is 0.493 e. The number of benzene rings is 1. The van der Waals surface area contributed by atoms with Crippen molar-refractivity contribution in [2.24, 2.45) is 0 Å². The predicted octanol–water partition coefficient (Wildman–Crippen LogP) is 3.73. The summed E-state index contributed by atoms with van der Waals surface area (Å²) < 4.78 is 5.68. The second kappa shape index (κ2) is 7.60. The number of hydrogen-bond donors (Lipinski definition) is 0. The molecule has 144 valence electrons. The number of piperidine rings is 1. The first-order chi connectivity index (χ1) is 13.1. The molecule has 2 saturated heterocycles. The van der Waals surface area contributed by atoms with Crippen molar-refractivity contribution >= 4 is 17.2 Å². The molecule has 0 radical (unpaired) electrons. The predicted molar refractivity (Wildman–Crippen MR) is 107 cm³/mol. The van der Waals surface area contributed by atoms with Crippen molar-refractivity contribution in [2.45, 2.75) is 45.2 Å². The normalized spacial score (nSPS) is 22.7. The van der Waals surface area contributed by atoms with E-state index in [-0.39, 0.29) is 11.4 Å². The number of aryl methyl sites for hydroxylation is 1. The summed E-state index contributed by atoms with van der Waals surface area (Å²) in [5.74, 6) is 0.786. The van der Waals surface area contributed by atoms with Crippen LogP contribution in [0.15, 0.2) is 30.5 Å². The average molecular weight is 386 g/mol. The topological polar surface area (TPSA) is 45.7 Å². The van der Waals surface area contributed by atoms with Gasteiger partial charge in [0, 0.05) is 42.8 Å². The van der Waals surface area contributed by atoms with Crippen LogP contribution in [0.4, 0.5) is 0 Å². The molecule has 1 aromatic carbocycles. The Morgan fingerprint density at radius 1 is 1.30 bits per heavy atom. The fraction of sp³-hybridized carbons (Fsp3) is 0.524. The van der Waals surface area contributed by atoms with Crippen LogP contribution in [0, 0.1) is 6.92 Å². The van der Waals surface area contributed by atoms with E-state index in [4.69, 9.17) is 4.74 Å². The van der Waals surface area contributed by atoms with Crippen LogP contribution in [0.1, 0.15) is 46.4 Å². The molecule has 5 nitrogen and oxygen atoms in total. The summed E-state index contributed by atoms with van der Waals surface area (Å²) >= 11 is 1.77. The van der Waals surface area contributed by atoms with Gasteiger partial charge >= 0.3 is 0 Å². The molecule has 0 aliphatic carbocycles. The van der Waals surface area contributed by atoms with Crippen molar-refractivity contribution in [2.75, 3.05) is 26.2 Å². The van der Waals surface area contributed by atoms with E-state index in [1.165, 1.54) is 17.7 Å². The highest BCUT2D eigenvalue weighted by atomic mass is 32.1. The Morgan fingerprint density at radius 2 is 2.15 bits per heavy atom. The van der Waals surface area contributed by atoms with Gasteiger partial charge in [0.1, 0.15) is 5.75 Å². The number of amides is 1. The number of nitrogens with zero attached hydrogens (tertiary/aromatic N) is 3. The van der Waals surface area contributed by atoms with Crippen molar-refractivity contribution in [3.63, 3.8) is 0 Å². The van der Waals surface area contributed by atoms with Gasteiger partial charge in [0.25, 0.3) is 5.91 Å². The van der Waals surface area contributed by atoms with Crippen LogP contribution in [-0.4, -0.2) is 52.5 Å². The molecule has 0 bridgehead atoms. The number of carbonyl (C=O) groups excluding carboxylic acids is 1. The maximum absolute atomic E-state index is 13.2. The maximum Gasteiger partial charge on any atom is 0.257 e. The van der Waals surface area contributed by atoms with Gasteiger partial charge in [-0.2, -0.15) is 0 Å². The SMILES string of the molecule is CCOc1ccccc1C(=O)N1CCCC2(CCN2Cc2cnc(C)s2)C1. The maximum atomic E-state index is 13.2. The van der Waals surface area contributed by atoms with Crippen LogP contribution < -0.4 is 4.74 Å². The molecular formula is C21H27N3O2S. The first kappa shape index (κ1) is 18.4. The highest BCUT2D eigenvalue weighted by Crippen LogP contribution is 2.40. The Hall–Kier alpha value is -1.92. The molecule has 0 N–H and O–H groups in total. The summed E-state index contributed by atoms with van der Waals surface area (Å²) in [5, 5.41) is 1.12. The number of rotatable bonds is 5. The molecule has 1 aromatic heterocycles. The standard InChI is InChI=1S/C21H27N3O2S/c1-3-26-19-8-5-4-7-18(19)20(25)23-11-6-9-21(15-23)10-12-24(21)14-17-13-22-16(2)27-17/h4-5,7-8,13H,3,6,9-12,14-15H2,1-2H3. The van der Waals surface area contributed by atoms with Crippen LogP contribution in [0.5, 0.6) is 5.75 Å². The second-order valence-electron chi connectivity index (χ2n) is 7.50. The van der Waals surface area contributed by atoms with Gasteiger partial charge in [-0.1, -0.05) is 12.1 Å². The molecule has 2 aliphatic rings. The van der Waals surface area contributed by atoms with Crippen LogP contribution >= 0.6 is 11.3 Å². The quantitative estimate of drug-likeness (QED) is 0.787. The molecule has 1 atom stereocenters. The van der Waals surface area contributed by atoms with Crippen molar-refractivity contribution < 1.29 is 9.53 Å². The lowest BCUT2D eigenvalue weighted by Gasteiger charge is -2.57. The number of aromatic nitrogens is 1. The molecule has 6 heteroatoms. The van der Waals surface area contributed by atoms with Crippen LogP contribution in [0.25, 0.3) is 0 Å². The zero-order valence-electron chi connectivity index (χ0n) is 16.1. The first-order valence-electron chi connectivity index (χ1n) is 9.79.